The molecule has 106 valence electrons. The first-order valence-corrected chi connectivity index (χ1v) is 10.3. The summed E-state index contributed by atoms with van der Waals surface area (Å²) in [6, 6.07) is 0. The largest absolute Gasteiger partial charge is 0.457 e. The molecule has 0 heterocycles. The lowest BCUT2D eigenvalue weighted by molar-refractivity contribution is 0.181. The molecule has 18 heavy (non-hydrogen) atoms. The van der Waals surface area contributed by atoms with Gasteiger partial charge in [-0.1, -0.05) is 21.6 Å². The maximum absolute atomic E-state index is 11.0. The fourth-order valence-corrected chi connectivity index (χ4v) is 4.19. The topological polar surface area (TPSA) is 52.6 Å². The lowest BCUT2D eigenvalue weighted by Gasteiger charge is -2.01. The second-order valence-electron chi connectivity index (χ2n) is 2.88. The van der Waals surface area contributed by atoms with Crippen molar-refractivity contribution >= 4 is 53.8 Å². The van der Waals surface area contributed by atoms with Crippen molar-refractivity contribution in [3.8, 4) is 0 Å². The van der Waals surface area contributed by atoms with Crippen molar-refractivity contribution in [3.63, 3.8) is 0 Å². The molecule has 0 aliphatic heterocycles. The summed E-state index contributed by atoms with van der Waals surface area (Å²) < 4.78 is 9.56. The zero-order chi connectivity index (χ0) is 13.6. The number of hydrogen-bond donors (Lipinski definition) is 0. The molecule has 0 saturated heterocycles. The van der Waals surface area contributed by atoms with Gasteiger partial charge >= 0.3 is 10.6 Å². The van der Waals surface area contributed by atoms with E-state index in [9.17, 15) is 9.59 Å². The van der Waals surface area contributed by atoms with Crippen LogP contribution in [0.3, 0.4) is 0 Å². The highest BCUT2D eigenvalue weighted by atomic mass is 33.1. The third-order valence-electron chi connectivity index (χ3n) is 1.48. The summed E-state index contributed by atoms with van der Waals surface area (Å²) in [5.41, 5.74) is 0. The number of hydrogen-bond acceptors (Lipinski definition) is 8. The molecule has 4 nitrogen and oxygen atoms in total. The van der Waals surface area contributed by atoms with Gasteiger partial charge in [0, 0.05) is 33.1 Å². The summed E-state index contributed by atoms with van der Waals surface area (Å²) in [7, 11) is 5.31. The molecule has 0 aromatic rings. The Balaban J connectivity index is 3.16. The molecule has 0 saturated carbocycles. The van der Waals surface area contributed by atoms with Crippen LogP contribution in [-0.2, 0) is 9.47 Å². The first-order valence-electron chi connectivity index (χ1n) is 5.63. The molecule has 0 fully saturated rings. The molecule has 0 unspecified atom stereocenters. The molecule has 0 bridgehead atoms. The van der Waals surface area contributed by atoms with Crippen LogP contribution >= 0.6 is 43.2 Å². The molecule has 8 heteroatoms. The average Bonchev–Trinajstić information content (AvgIpc) is 2.33. The van der Waals surface area contributed by atoms with E-state index < -0.39 is 0 Å². The first kappa shape index (κ1) is 18.3. The molecule has 0 atom stereocenters. The van der Waals surface area contributed by atoms with Gasteiger partial charge in [-0.05, 0) is 26.7 Å². The second kappa shape index (κ2) is 13.8. The monoisotopic (exact) mass is 330 g/mol. The molecule has 0 rings (SSSR count). The van der Waals surface area contributed by atoms with E-state index in [1.807, 2.05) is 0 Å². The van der Waals surface area contributed by atoms with E-state index in [4.69, 9.17) is 9.47 Å². The predicted octanol–water partition coefficient (Wildman–Crippen LogP) is 4.84. The lowest BCUT2D eigenvalue weighted by Crippen LogP contribution is -1.94. The Morgan fingerprint density at radius 2 is 1.22 bits per heavy atom. The number of unbranched alkanes of at least 4 members (excludes halogenated alkanes) is 1. The van der Waals surface area contributed by atoms with Gasteiger partial charge in [-0.15, -0.1) is 0 Å². The van der Waals surface area contributed by atoms with Gasteiger partial charge in [-0.2, -0.15) is 0 Å². The molecule has 0 radical (unpaired) electrons. The van der Waals surface area contributed by atoms with Gasteiger partial charge in [-0.25, -0.2) is 9.59 Å². The quantitative estimate of drug-likeness (QED) is 0.338. The number of carbonyl (C=O) groups is 2. The SMILES string of the molecule is CCOC(=O)SSCCCCSSC(=O)OCC. The number of rotatable bonds is 9. The second-order valence-corrected chi connectivity index (χ2v) is 7.59. The summed E-state index contributed by atoms with van der Waals surface area (Å²) in [5, 5.41) is -0.454. The maximum Gasteiger partial charge on any atom is 0.378 e. The van der Waals surface area contributed by atoms with Crippen molar-refractivity contribution in [1.29, 1.82) is 0 Å². The Labute approximate surface area is 124 Å². The molecule has 0 N–H and O–H groups in total. The van der Waals surface area contributed by atoms with Crippen LogP contribution < -0.4 is 0 Å². The van der Waals surface area contributed by atoms with Crippen LogP contribution in [-0.4, -0.2) is 35.3 Å². The van der Waals surface area contributed by atoms with E-state index in [0.717, 1.165) is 45.9 Å². The fraction of sp³-hybridized carbons (Fsp3) is 0.800. The van der Waals surface area contributed by atoms with E-state index in [2.05, 4.69) is 0 Å². The fourth-order valence-electron chi connectivity index (χ4n) is 0.785. The zero-order valence-electron chi connectivity index (χ0n) is 10.5. The Kier molecular flexibility index (Phi) is 14.0. The molecule has 0 aromatic heterocycles. The zero-order valence-corrected chi connectivity index (χ0v) is 13.8. The van der Waals surface area contributed by atoms with Crippen LogP contribution in [0.25, 0.3) is 0 Å². The molecule has 0 aliphatic carbocycles. The lowest BCUT2D eigenvalue weighted by atomic mass is 10.4. The minimum Gasteiger partial charge on any atom is -0.457 e. The van der Waals surface area contributed by atoms with Crippen molar-refractivity contribution in [3.05, 3.63) is 0 Å². The van der Waals surface area contributed by atoms with Gasteiger partial charge in [0.25, 0.3) is 0 Å². The van der Waals surface area contributed by atoms with Gasteiger partial charge < -0.3 is 9.47 Å². The van der Waals surface area contributed by atoms with Crippen LogP contribution in [0.5, 0.6) is 0 Å². The van der Waals surface area contributed by atoms with Gasteiger partial charge in [0.15, 0.2) is 0 Å². The Hall–Kier alpha value is 0.340. The van der Waals surface area contributed by atoms with Crippen molar-refractivity contribution < 1.29 is 19.1 Å². The van der Waals surface area contributed by atoms with Crippen LogP contribution in [0.2, 0.25) is 0 Å². The molecule has 0 aliphatic rings. The van der Waals surface area contributed by atoms with Gasteiger partial charge in [0.05, 0.1) is 13.2 Å². The minimum atomic E-state index is -0.227. The standard InChI is InChI=1S/C10H18O4S4/c1-3-13-9(11)17-15-7-5-6-8-16-18-10(12)14-4-2/h3-8H2,1-2H3. The van der Waals surface area contributed by atoms with Crippen molar-refractivity contribution in [2.75, 3.05) is 24.7 Å². The van der Waals surface area contributed by atoms with E-state index in [1.165, 1.54) is 21.6 Å². The van der Waals surface area contributed by atoms with Crippen LogP contribution in [0.1, 0.15) is 26.7 Å². The maximum atomic E-state index is 11.0. The molecule has 0 spiro atoms. The minimum absolute atomic E-state index is 0.227. The number of ether oxygens (including phenoxy) is 2. The van der Waals surface area contributed by atoms with E-state index in [-0.39, 0.29) is 10.6 Å². The smallest absolute Gasteiger partial charge is 0.378 e. The third-order valence-corrected chi connectivity index (χ3v) is 5.66. The van der Waals surface area contributed by atoms with Crippen LogP contribution in [0, 0.1) is 0 Å². The summed E-state index contributed by atoms with van der Waals surface area (Å²) in [5.74, 6) is 1.82. The summed E-state index contributed by atoms with van der Waals surface area (Å²) >= 11 is 0. The van der Waals surface area contributed by atoms with E-state index in [1.54, 1.807) is 13.8 Å². The summed E-state index contributed by atoms with van der Waals surface area (Å²) in [4.78, 5) is 22.0. The van der Waals surface area contributed by atoms with Crippen LogP contribution in [0.4, 0.5) is 9.59 Å². The van der Waals surface area contributed by atoms with Crippen molar-refractivity contribution in [2.24, 2.45) is 0 Å². The van der Waals surface area contributed by atoms with Crippen LogP contribution in [0.15, 0.2) is 0 Å². The van der Waals surface area contributed by atoms with Crippen molar-refractivity contribution in [2.45, 2.75) is 26.7 Å². The molecule has 0 aromatic carbocycles. The van der Waals surface area contributed by atoms with E-state index in [0.29, 0.717) is 13.2 Å². The molecular formula is C10H18O4S4. The highest BCUT2D eigenvalue weighted by molar-refractivity contribution is 8.82. The predicted molar refractivity (Wildman–Crippen MR) is 83.4 cm³/mol. The van der Waals surface area contributed by atoms with Gasteiger partial charge in [0.2, 0.25) is 0 Å². The first-order chi connectivity index (χ1) is 8.70. The summed E-state index contributed by atoms with van der Waals surface area (Å²) in [6.45, 7) is 4.44. The Bertz CT molecular complexity index is 214. The summed E-state index contributed by atoms with van der Waals surface area (Å²) in [6.07, 6.45) is 2.04. The molecular weight excluding hydrogens is 312 g/mol. The van der Waals surface area contributed by atoms with Crippen molar-refractivity contribution in [1.82, 2.24) is 0 Å². The highest BCUT2D eigenvalue weighted by Gasteiger charge is 2.04. The Morgan fingerprint density at radius 3 is 1.56 bits per heavy atom. The Morgan fingerprint density at radius 1 is 0.833 bits per heavy atom. The van der Waals surface area contributed by atoms with E-state index >= 15 is 0 Å². The normalized spacial score (nSPS) is 10.1. The van der Waals surface area contributed by atoms with Gasteiger partial charge in [0.1, 0.15) is 0 Å². The number of carbonyl (C=O) groups excluding carboxylic acids is 2. The third kappa shape index (κ3) is 12.8. The average molecular weight is 331 g/mol. The molecule has 0 amide bonds. The highest BCUT2D eigenvalue weighted by Crippen LogP contribution is 2.27. The van der Waals surface area contributed by atoms with Gasteiger partial charge in [-0.3, -0.25) is 0 Å².